The molecule has 0 fully saturated rings. The summed E-state index contributed by atoms with van der Waals surface area (Å²) in [5.74, 6) is -0.908. The third kappa shape index (κ3) is 4.71. The largest absolute Gasteiger partial charge is 0.478 e. The number of hydrogen-bond donors (Lipinski definition) is 2. The highest BCUT2D eigenvalue weighted by Gasteiger charge is 2.05. The van der Waals surface area contributed by atoms with Gasteiger partial charge in [-0.2, -0.15) is 0 Å². The van der Waals surface area contributed by atoms with Crippen LogP contribution in [0.3, 0.4) is 0 Å². The van der Waals surface area contributed by atoms with Crippen LogP contribution in [0.4, 0.5) is 0 Å². The van der Waals surface area contributed by atoms with E-state index < -0.39 is 5.97 Å². The number of benzene rings is 1. The Labute approximate surface area is 110 Å². The van der Waals surface area contributed by atoms with Gasteiger partial charge in [-0.3, -0.25) is 0 Å². The third-order valence-electron chi connectivity index (χ3n) is 2.27. The molecule has 0 bridgehead atoms. The highest BCUT2D eigenvalue weighted by Crippen LogP contribution is 2.18. The van der Waals surface area contributed by atoms with Crippen LogP contribution in [0.25, 0.3) is 0 Å². The van der Waals surface area contributed by atoms with E-state index in [4.69, 9.17) is 5.11 Å². The highest BCUT2D eigenvalue weighted by atomic mass is 79.9. The molecule has 0 aliphatic heterocycles. The second-order valence-corrected chi connectivity index (χ2v) is 4.88. The van der Waals surface area contributed by atoms with E-state index in [2.05, 4.69) is 41.2 Å². The van der Waals surface area contributed by atoms with Gasteiger partial charge in [-0.25, -0.2) is 4.79 Å². The van der Waals surface area contributed by atoms with E-state index in [1.165, 1.54) is 5.57 Å². The molecule has 0 amide bonds. The molecular formula is C13H16BrNO2. The second kappa shape index (κ2) is 6.57. The molecule has 2 N–H and O–H groups in total. The number of nitrogens with one attached hydrogen (secondary N) is 1. The van der Waals surface area contributed by atoms with Gasteiger partial charge in [0.15, 0.2) is 0 Å². The molecule has 0 aliphatic carbocycles. The van der Waals surface area contributed by atoms with Crippen LogP contribution in [0.1, 0.15) is 29.8 Å². The summed E-state index contributed by atoms with van der Waals surface area (Å²) in [7, 11) is 0. The minimum absolute atomic E-state index is 0.296. The van der Waals surface area contributed by atoms with Crippen LogP contribution in [0, 0.1) is 0 Å². The van der Waals surface area contributed by atoms with E-state index in [9.17, 15) is 4.79 Å². The van der Waals surface area contributed by atoms with E-state index in [0.717, 1.165) is 16.6 Å². The number of hydrogen-bond acceptors (Lipinski definition) is 2. The lowest BCUT2D eigenvalue weighted by molar-refractivity contribution is 0.0697. The molecule has 0 aromatic heterocycles. The molecule has 0 spiro atoms. The summed E-state index contributed by atoms with van der Waals surface area (Å²) >= 11 is 3.38. The SMILES string of the molecule is CC(C)=CCNCc1ccc(C(=O)O)cc1Br. The molecule has 0 heterocycles. The minimum atomic E-state index is -0.908. The Morgan fingerprint density at radius 2 is 2.18 bits per heavy atom. The average Bonchev–Trinajstić information content (AvgIpc) is 2.25. The lowest BCUT2D eigenvalue weighted by atomic mass is 10.1. The van der Waals surface area contributed by atoms with Crippen molar-refractivity contribution in [2.75, 3.05) is 6.54 Å². The maximum absolute atomic E-state index is 10.8. The summed E-state index contributed by atoms with van der Waals surface area (Å²) in [5, 5.41) is 12.1. The van der Waals surface area contributed by atoms with Crippen molar-refractivity contribution >= 4 is 21.9 Å². The van der Waals surface area contributed by atoms with Gasteiger partial charge in [0, 0.05) is 17.6 Å². The predicted molar refractivity (Wildman–Crippen MR) is 72.2 cm³/mol. The van der Waals surface area contributed by atoms with Crippen LogP contribution in [-0.2, 0) is 6.54 Å². The molecule has 0 radical (unpaired) electrons. The van der Waals surface area contributed by atoms with E-state index in [-0.39, 0.29) is 0 Å². The Morgan fingerprint density at radius 3 is 2.71 bits per heavy atom. The number of allylic oxidation sites excluding steroid dienone is 1. The molecule has 92 valence electrons. The third-order valence-corrected chi connectivity index (χ3v) is 3.01. The van der Waals surface area contributed by atoms with Gasteiger partial charge in [-0.1, -0.05) is 33.6 Å². The molecule has 1 rings (SSSR count). The molecule has 3 nitrogen and oxygen atoms in total. The van der Waals surface area contributed by atoms with Gasteiger partial charge in [0.1, 0.15) is 0 Å². The molecule has 0 aliphatic rings. The first-order valence-electron chi connectivity index (χ1n) is 5.36. The van der Waals surface area contributed by atoms with Gasteiger partial charge in [-0.15, -0.1) is 0 Å². The minimum Gasteiger partial charge on any atom is -0.478 e. The first kappa shape index (κ1) is 13.9. The van der Waals surface area contributed by atoms with Crippen molar-refractivity contribution in [1.29, 1.82) is 0 Å². The zero-order chi connectivity index (χ0) is 12.8. The smallest absolute Gasteiger partial charge is 0.335 e. The van der Waals surface area contributed by atoms with Gasteiger partial charge < -0.3 is 10.4 Å². The molecular weight excluding hydrogens is 282 g/mol. The summed E-state index contributed by atoms with van der Waals surface area (Å²) < 4.78 is 0.821. The number of carboxylic acids is 1. The Morgan fingerprint density at radius 1 is 1.47 bits per heavy atom. The zero-order valence-corrected chi connectivity index (χ0v) is 11.5. The van der Waals surface area contributed by atoms with Gasteiger partial charge in [0.05, 0.1) is 5.56 Å². The quantitative estimate of drug-likeness (QED) is 0.648. The van der Waals surface area contributed by atoms with Crippen molar-refractivity contribution in [2.24, 2.45) is 0 Å². The lowest BCUT2D eigenvalue weighted by Gasteiger charge is -2.06. The summed E-state index contributed by atoms with van der Waals surface area (Å²) in [4.78, 5) is 10.8. The Balaban J connectivity index is 2.61. The van der Waals surface area contributed by atoms with Gasteiger partial charge in [0.2, 0.25) is 0 Å². The summed E-state index contributed by atoms with van der Waals surface area (Å²) in [6.07, 6.45) is 2.11. The fourth-order valence-electron chi connectivity index (χ4n) is 1.31. The van der Waals surface area contributed by atoms with E-state index in [0.29, 0.717) is 12.1 Å². The van der Waals surface area contributed by atoms with E-state index >= 15 is 0 Å². The summed E-state index contributed by atoms with van der Waals surface area (Å²) in [5.41, 5.74) is 2.62. The van der Waals surface area contributed by atoms with Crippen molar-refractivity contribution in [2.45, 2.75) is 20.4 Å². The topological polar surface area (TPSA) is 49.3 Å². The monoisotopic (exact) mass is 297 g/mol. The lowest BCUT2D eigenvalue weighted by Crippen LogP contribution is -2.13. The van der Waals surface area contributed by atoms with Crippen molar-refractivity contribution in [1.82, 2.24) is 5.32 Å². The number of halogens is 1. The zero-order valence-electron chi connectivity index (χ0n) is 9.96. The van der Waals surface area contributed by atoms with E-state index in [1.807, 2.05) is 6.07 Å². The Hall–Kier alpha value is -1.13. The first-order chi connectivity index (χ1) is 8.00. The highest BCUT2D eigenvalue weighted by molar-refractivity contribution is 9.10. The van der Waals surface area contributed by atoms with Crippen molar-refractivity contribution in [3.8, 4) is 0 Å². The number of carbonyl (C=O) groups is 1. The van der Waals surface area contributed by atoms with Crippen molar-refractivity contribution in [3.05, 3.63) is 45.4 Å². The van der Waals surface area contributed by atoms with Gasteiger partial charge in [-0.05, 0) is 31.5 Å². The van der Waals surface area contributed by atoms with Crippen molar-refractivity contribution in [3.63, 3.8) is 0 Å². The predicted octanol–water partition coefficient (Wildman–Crippen LogP) is 3.20. The van der Waals surface area contributed by atoms with Crippen molar-refractivity contribution < 1.29 is 9.90 Å². The normalized spacial score (nSPS) is 10.1. The maximum atomic E-state index is 10.8. The van der Waals surface area contributed by atoms with Crippen LogP contribution in [0.2, 0.25) is 0 Å². The van der Waals surface area contributed by atoms with Crippen LogP contribution in [0.15, 0.2) is 34.3 Å². The fraction of sp³-hybridized carbons (Fsp3) is 0.308. The Bertz CT molecular complexity index is 437. The fourth-order valence-corrected chi connectivity index (χ4v) is 1.83. The number of aromatic carboxylic acids is 1. The van der Waals surface area contributed by atoms with Crippen LogP contribution in [0.5, 0.6) is 0 Å². The van der Waals surface area contributed by atoms with Crippen LogP contribution in [-0.4, -0.2) is 17.6 Å². The van der Waals surface area contributed by atoms with E-state index in [1.54, 1.807) is 12.1 Å². The summed E-state index contributed by atoms with van der Waals surface area (Å²) in [6, 6.07) is 5.06. The molecule has 4 heteroatoms. The second-order valence-electron chi connectivity index (χ2n) is 4.02. The van der Waals surface area contributed by atoms with Crippen LogP contribution < -0.4 is 5.32 Å². The molecule has 1 aromatic carbocycles. The molecule has 0 unspecified atom stereocenters. The summed E-state index contributed by atoms with van der Waals surface area (Å²) in [6.45, 7) is 5.64. The average molecular weight is 298 g/mol. The Kier molecular flexibility index (Phi) is 5.38. The standard InChI is InChI=1S/C13H16BrNO2/c1-9(2)5-6-15-8-11-4-3-10(13(16)17)7-12(11)14/h3-5,7,15H,6,8H2,1-2H3,(H,16,17). The molecule has 0 saturated carbocycles. The van der Waals surface area contributed by atoms with Gasteiger partial charge in [0.25, 0.3) is 0 Å². The molecule has 0 atom stereocenters. The van der Waals surface area contributed by atoms with Crippen LogP contribution >= 0.6 is 15.9 Å². The van der Waals surface area contributed by atoms with Gasteiger partial charge >= 0.3 is 5.97 Å². The maximum Gasteiger partial charge on any atom is 0.335 e. The molecule has 0 saturated heterocycles. The number of carboxylic acid groups (broad SMARTS) is 1. The molecule has 1 aromatic rings. The first-order valence-corrected chi connectivity index (χ1v) is 6.16. The molecule has 17 heavy (non-hydrogen) atoms. The number of rotatable bonds is 5.